The van der Waals surface area contributed by atoms with E-state index in [0.717, 1.165) is 31.2 Å². The van der Waals surface area contributed by atoms with Gasteiger partial charge in [-0.2, -0.15) is 0 Å². The fraction of sp³-hybridized carbons (Fsp3) is 0.640. The highest BCUT2D eigenvalue weighted by Crippen LogP contribution is 2.37. The van der Waals surface area contributed by atoms with Gasteiger partial charge in [0.25, 0.3) is 0 Å². The third-order valence-corrected chi connectivity index (χ3v) is 6.14. The van der Waals surface area contributed by atoms with Gasteiger partial charge in [0.2, 0.25) is 5.91 Å². The van der Waals surface area contributed by atoms with Crippen LogP contribution in [0.4, 0.5) is 0 Å². The summed E-state index contributed by atoms with van der Waals surface area (Å²) < 4.78 is 0. The average molecular weight is 370 g/mol. The van der Waals surface area contributed by atoms with Crippen molar-refractivity contribution in [2.24, 2.45) is 5.92 Å². The number of benzene rings is 1. The summed E-state index contributed by atoms with van der Waals surface area (Å²) in [6.07, 6.45) is 17.4. The fourth-order valence-corrected chi connectivity index (χ4v) is 4.35. The van der Waals surface area contributed by atoms with Crippen LogP contribution in [0.5, 0.6) is 0 Å². The quantitative estimate of drug-likeness (QED) is 0.328. The number of amides is 1. The Labute approximate surface area is 166 Å². The molecule has 2 heteroatoms. The van der Waals surface area contributed by atoms with Gasteiger partial charge in [-0.05, 0) is 67.6 Å². The molecule has 0 radical (unpaired) electrons. The lowest BCUT2D eigenvalue weighted by Crippen LogP contribution is -2.22. The van der Waals surface area contributed by atoms with Crippen molar-refractivity contribution in [1.29, 1.82) is 0 Å². The lowest BCUT2D eigenvalue weighted by atomic mass is 9.77. The summed E-state index contributed by atoms with van der Waals surface area (Å²) in [5.74, 6) is 1.66. The van der Waals surface area contributed by atoms with Crippen LogP contribution >= 0.6 is 0 Å². The zero-order chi connectivity index (χ0) is 19.3. The molecule has 0 aliphatic heterocycles. The van der Waals surface area contributed by atoms with Crippen LogP contribution in [-0.2, 0) is 11.2 Å². The maximum Gasteiger partial charge on any atom is 0.243 e. The Morgan fingerprint density at radius 1 is 1.04 bits per heavy atom. The van der Waals surface area contributed by atoms with Gasteiger partial charge in [0.15, 0.2) is 0 Å². The Kier molecular flexibility index (Phi) is 10.3. The first-order chi connectivity index (χ1) is 13.2. The van der Waals surface area contributed by atoms with E-state index < -0.39 is 0 Å². The second-order valence-electron chi connectivity index (χ2n) is 8.26. The standard InChI is InChI=1S/C25H39NO/c1-3-5-6-7-8-10-21-12-16-23(17-13-21)24-18-14-22(15-19-24)11-9-20-26-25(27)4-2/h4,14-15,18-19,21,23H,2-3,5-13,16-17,20H2,1H3,(H,26,27). The highest BCUT2D eigenvalue weighted by Gasteiger charge is 2.21. The molecule has 0 atom stereocenters. The molecule has 150 valence electrons. The van der Waals surface area contributed by atoms with Gasteiger partial charge < -0.3 is 5.32 Å². The molecule has 0 heterocycles. The predicted molar refractivity (Wildman–Crippen MR) is 116 cm³/mol. The Morgan fingerprint density at radius 3 is 2.41 bits per heavy atom. The zero-order valence-electron chi connectivity index (χ0n) is 17.3. The van der Waals surface area contributed by atoms with Gasteiger partial charge in [-0.3, -0.25) is 4.79 Å². The molecule has 1 saturated carbocycles. The van der Waals surface area contributed by atoms with E-state index in [0.29, 0.717) is 0 Å². The van der Waals surface area contributed by atoms with Gasteiger partial charge in [-0.1, -0.05) is 76.3 Å². The van der Waals surface area contributed by atoms with Crippen molar-refractivity contribution in [3.05, 3.63) is 48.0 Å². The molecule has 2 nitrogen and oxygen atoms in total. The van der Waals surface area contributed by atoms with Gasteiger partial charge in [-0.15, -0.1) is 0 Å². The highest BCUT2D eigenvalue weighted by atomic mass is 16.1. The van der Waals surface area contributed by atoms with Gasteiger partial charge in [-0.25, -0.2) is 0 Å². The normalized spacial score (nSPS) is 19.6. The lowest BCUT2D eigenvalue weighted by molar-refractivity contribution is -0.116. The number of unbranched alkanes of at least 4 members (excludes halogenated alkanes) is 4. The van der Waals surface area contributed by atoms with Crippen molar-refractivity contribution in [2.45, 2.75) is 89.9 Å². The average Bonchev–Trinajstić information content (AvgIpc) is 2.72. The van der Waals surface area contributed by atoms with Crippen LogP contribution in [-0.4, -0.2) is 12.5 Å². The van der Waals surface area contributed by atoms with Crippen molar-refractivity contribution in [3.8, 4) is 0 Å². The molecular weight excluding hydrogens is 330 g/mol. The van der Waals surface area contributed by atoms with Crippen LogP contribution in [0, 0.1) is 5.92 Å². The Bertz CT molecular complexity index is 540. The molecule has 1 aliphatic carbocycles. The molecular formula is C25H39NO. The monoisotopic (exact) mass is 369 g/mol. The zero-order valence-corrected chi connectivity index (χ0v) is 17.3. The van der Waals surface area contributed by atoms with Crippen molar-refractivity contribution < 1.29 is 4.79 Å². The number of hydrogen-bond donors (Lipinski definition) is 1. The number of carbonyl (C=O) groups excluding carboxylic acids is 1. The number of rotatable bonds is 12. The molecule has 1 aromatic rings. The van der Waals surface area contributed by atoms with E-state index in [-0.39, 0.29) is 5.91 Å². The minimum Gasteiger partial charge on any atom is -0.353 e. The molecule has 0 saturated heterocycles. The third-order valence-electron chi connectivity index (χ3n) is 6.14. The second kappa shape index (κ2) is 12.8. The molecule has 1 aliphatic rings. The van der Waals surface area contributed by atoms with Crippen LogP contribution in [0.25, 0.3) is 0 Å². The van der Waals surface area contributed by atoms with Crippen molar-refractivity contribution in [3.63, 3.8) is 0 Å². The van der Waals surface area contributed by atoms with Crippen LogP contribution in [0.1, 0.15) is 94.6 Å². The number of aryl methyl sites for hydroxylation is 1. The van der Waals surface area contributed by atoms with E-state index in [4.69, 9.17) is 0 Å². The molecule has 1 fully saturated rings. The summed E-state index contributed by atoms with van der Waals surface area (Å²) in [6.45, 7) is 6.48. The molecule has 1 amide bonds. The van der Waals surface area contributed by atoms with Crippen molar-refractivity contribution in [1.82, 2.24) is 5.32 Å². The SMILES string of the molecule is C=CC(=O)NCCCc1ccc(C2CCC(CCCCCCC)CC2)cc1. The second-order valence-corrected chi connectivity index (χ2v) is 8.26. The summed E-state index contributed by atoms with van der Waals surface area (Å²) in [7, 11) is 0. The van der Waals surface area contributed by atoms with Crippen LogP contribution < -0.4 is 5.32 Å². The predicted octanol–water partition coefficient (Wildman–Crippen LogP) is 6.56. The lowest BCUT2D eigenvalue weighted by Gasteiger charge is -2.29. The topological polar surface area (TPSA) is 29.1 Å². The molecule has 0 aromatic heterocycles. The maximum atomic E-state index is 11.1. The Morgan fingerprint density at radius 2 is 1.74 bits per heavy atom. The summed E-state index contributed by atoms with van der Waals surface area (Å²) in [5.41, 5.74) is 2.90. The number of carbonyl (C=O) groups is 1. The summed E-state index contributed by atoms with van der Waals surface area (Å²) in [4.78, 5) is 11.1. The van der Waals surface area contributed by atoms with Crippen LogP contribution in [0.15, 0.2) is 36.9 Å². The van der Waals surface area contributed by atoms with Crippen molar-refractivity contribution >= 4 is 5.91 Å². The molecule has 0 unspecified atom stereocenters. The van der Waals surface area contributed by atoms with E-state index in [1.165, 1.54) is 81.4 Å². The third kappa shape index (κ3) is 8.32. The largest absolute Gasteiger partial charge is 0.353 e. The molecule has 1 aromatic carbocycles. The minimum absolute atomic E-state index is 0.0816. The Hall–Kier alpha value is -1.57. The van der Waals surface area contributed by atoms with E-state index in [2.05, 4.69) is 43.1 Å². The van der Waals surface area contributed by atoms with E-state index in [1.807, 2.05) is 0 Å². The number of hydrogen-bond acceptors (Lipinski definition) is 1. The Balaban J connectivity index is 1.64. The van der Waals surface area contributed by atoms with Gasteiger partial charge in [0.05, 0.1) is 0 Å². The smallest absolute Gasteiger partial charge is 0.243 e. The van der Waals surface area contributed by atoms with Gasteiger partial charge >= 0.3 is 0 Å². The fourth-order valence-electron chi connectivity index (χ4n) is 4.35. The molecule has 2 rings (SSSR count). The first kappa shape index (κ1) is 21.7. The molecule has 27 heavy (non-hydrogen) atoms. The molecule has 0 bridgehead atoms. The summed E-state index contributed by atoms with van der Waals surface area (Å²) in [6, 6.07) is 9.25. The molecule has 1 N–H and O–H groups in total. The van der Waals surface area contributed by atoms with Crippen molar-refractivity contribution in [2.75, 3.05) is 6.54 Å². The summed E-state index contributed by atoms with van der Waals surface area (Å²) >= 11 is 0. The first-order valence-corrected chi connectivity index (χ1v) is 11.2. The summed E-state index contributed by atoms with van der Waals surface area (Å²) in [5, 5.41) is 2.84. The van der Waals surface area contributed by atoms with E-state index >= 15 is 0 Å². The number of nitrogens with one attached hydrogen (secondary N) is 1. The molecule has 0 spiro atoms. The highest BCUT2D eigenvalue weighted by molar-refractivity contribution is 5.86. The van der Waals surface area contributed by atoms with E-state index in [9.17, 15) is 4.79 Å². The van der Waals surface area contributed by atoms with Gasteiger partial charge in [0.1, 0.15) is 0 Å². The van der Waals surface area contributed by atoms with Gasteiger partial charge in [0, 0.05) is 6.54 Å². The maximum absolute atomic E-state index is 11.1. The minimum atomic E-state index is -0.0816. The first-order valence-electron chi connectivity index (χ1n) is 11.2. The van der Waals surface area contributed by atoms with Crippen LogP contribution in [0.2, 0.25) is 0 Å². The van der Waals surface area contributed by atoms with Crippen LogP contribution in [0.3, 0.4) is 0 Å². The van der Waals surface area contributed by atoms with E-state index in [1.54, 1.807) is 0 Å².